The predicted octanol–water partition coefficient (Wildman–Crippen LogP) is 4.71. The van der Waals surface area contributed by atoms with Gasteiger partial charge in [0.05, 0.1) is 6.54 Å². The molecule has 0 aliphatic carbocycles. The lowest BCUT2D eigenvalue weighted by atomic mass is 9.96. The minimum atomic E-state index is -0.833. The van der Waals surface area contributed by atoms with E-state index in [4.69, 9.17) is 4.74 Å². The first-order valence-corrected chi connectivity index (χ1v) is 8.88. The molecule has 0 saturated carbocycles. The maximum Gasteiger partial charge on any atom is 0.160 e. The summed E-state index contributed by atoms with van der Waals surface area (Å²) < 4.78 is 32.5. The summed E-state index contributed by atoms with van der Waals surface area (Å²) in [5.74, 6) is -0.513. The van der Waals surface area contributed by atoms with E-state index in [1.54, 1.807) is 13.0 Å². The van der Waals surface area contributed by atoms with E-state index in [1.807, 2.05) is 36.1 Å². The third kappa shape index (κ3) is 4.40. The van der Waals surface area contributed by atoms with Crippen molar-refractivity contribution in [1.29, 1.82) is 0 Å². The zero-order valence-corrected chi connectivity index (χ0v) is 15.0. The number of ketones is 1. The molecule has 3 nitrogen and oxygen atoms in total. The van der Waals surface area contributed by atoms with Crippen molar-refractivity contribution in [3.63, 3.8) is 0 Å². The normalized spacial score (nSPS) is 18.0. The van der Waals surface area contributed by atoms with E-state index < -0.39 is 11.6 Å². The van der Waals surface area contributed by atoms with Crippen molar-refractivity contribution in [3.8, 4) is 5.75 Å². The Bertz CT molecular complexity index is 776. The van der Waals surface area contributed by atoms with Crippen LogP contribution >= 0.6 is 0 Å². The van der Waals surface area contributed by atoms with Gasteiger partial charge in [-0.15, -0.1) is 0 Å². The Morgan fingerprint density at radius 3 is 2.58 bits per heavy atom. The first-order chi connectivity index (χ1) is 12.4. The topological polar surface area (TPSA) is 29.5 Å². The third-order valence-electron chi connectivity index (χ3n) is 4.76. The van der Waals surface area contributed by atoms with Gasteiger partial charge in [-0.1, -0.05) is 19.1 Å². The second kappa shape index (κ2) is 7.85. The Morgan fingerprint density at radius 1 is 1.19 bits per heavy atom. The average molecular weight is 359 g/mol. The first kappa shape index (κ1) is 18.4. The highest BCUT2D eigenvalue weighted by Gasteiger charge is 2.25. The van der Waals surface area contributed by atoms with Gasteiger partial charge in [0, 0.05) is 31.1 Å². The van der Waals surface area contributed by atoms with Gasteiger partial charge < -0.3 is 14.4 Å². The molecule has 1 aliphatic heterocycles. The van der Waals surface area contributed by atoms with Crippen molar-refractivity contribution in [2.45, 2.75) is 38.7 Å². The lowest BCUT2D eigenvalue weighted by Crippen LogP contribution is -2.24. The average Bonchev–Trinajstić information content (AvgIpc) is 3.06. The number of ether oxygens (including phenoxy) is 1. The van der Waals surface area contributed by atoms with Gasteiger partial charge in [-0.25, -0.2) is 8.78 Å². The van der Waals surface area contributed by atoms with Gasteiger partial charge in [-0.05, 0) is 42.7 Å². The number of nitrogens with zero attached hydrogens (tertiary/aromatic N) is 1. The van der Waals surface area contributed by atoms with Gasteiger partial charge in [0.2, 0.25) is 0 Å². The van der Waals surface area contributed by atoms with E-state index >= 15 is 0 Å². The Hall–Kier alpha value is -2.43. The molecule has 0 bridgehead atoms. The Morgan fingerprint density at radius 2 is 1.92 bits per heavy atom. The van der Waals surface area contributed by atoms with Crippen LogP contribution in [0.5, 0.6) is 5.75 Å². The standard InChI is InChI=1S/C21H23F2NO2/c1-14(11-15(2)25)16-3-6-18(7-4-16)26-19-9-10-24(13-19)17-5-8-20(22)21(23)12-17/h3-8,12,14,19H,9-11,13H2,1-2H3/t14-,19?/m1/s1. The summed E-state index contributed by atoms with van der Waals surface area (Å²) in [4.78, 5) is 13.2. The minimum absolute atomic E-state index is 0.00334. The molecule has 1 saturated heterocycles. The molecule has 0 amide bonds. The molecule has 2 aromatic carbocycles. The van der Waals surface area contributed by atoms with Crippen LogP contribution in [0.15, 0.2) is 42.5 Å². The summed E-state index contributed by atoms with van der Waals surface area (Å²) in [6.45, 7) is 5.01. The molecule has 138 valence electrons. The highest BCUT2D eigenvalue weighted by Crippen LogP contribution is 2.26. The molecule has 1 fully saturated rings. The zero-order chi connectivity index (χ0) is 18.7. The molecule has 1 unspecified atom stereocenters. The molecule has 0 radical (unpaired) electrons. The van der Waals surface area contributed by atoms with Crippen LogP contribution in [0.25, 0.3) is 0 Å². The maximum atomic E-state index is 13.4. The van der Waals surface area contributed by atoms with Crippen LogP contribution in [0.1, 0.15) is 38.2 Å². The largest absolute Gasteiger partial charge is 0.489 e. The third-order valence-corrected chi connectivity index (χ3v) is 4.76. The summed E-state index contributed by atoms with van der Waals surface area (Å²) in [7, 11) is 0. The van der Waals surface area contributed by atoms with Crippen LogP contribution in [-0.4, -0.2) is 25.0 Å². The lowest BCUT2D eigenvalue weighted by Gasteiger charge is -2.19. The second-order valence-electron chi connectivity index (χ2n) is 6.95. The van der Waals surface area contributed by atoms with Crippen molar-refractivity contribution in [1.82, 2.24) is 0 Å². The van der Waals surface area contributed by atoms with Crippen LogP contribution < -0.4 is 9.64 Å². The summed E-state index contributed by atoms with van der Waals surface area (Å²) >= 11 is 0. The number of rotatable bonds is 6. The number of halogens is 2. The number of hydrogen-bond donors (Lipinski definition) is 0. The van der Waals surface area contributed by atoms with Gasteiger partial charge >= 0.3 is 0 Å². The van der Waals surface area contributed by atoms with E-state index in [9.17, 15) is 13.6 Å². The molecule has 3 rings (SSSR count). The van der Waals surface area contributed by atoms with Crippen LogP contribution in [-0.2, 0) is 4.79 Å². The molecule has 0 spiro atoms. The van der Waals surface area contributed by atoms with Crippen molar-refractivity contribution in [2.75, 3.05) is 18.0 Å². The number of carbonyl (C=O) groups is 1. The molecule has 0 N–H and O–H groups in total. The summed E-state index contributed by atoms with van der Waals surface area (Å²) in [5.41, 5.74) is 1.78. The molecular weight excluding hydrogens is 336 g/mol. The number of Topliss-reactive ketones (excluding diaryl/α,β-unsaturated/α-hetero) is 1. The van der Waals surface area contributed by atoms with Gasteiger partial charge in [-0.3, -0.25) is 0 Å². The van der Waals surface area contributed by atoms with Crippen LogP contribution in [0, 0.1) is 11.6 Å². The van der Waals surface area contributed by atoms with Crippen LogP contribution in [0.4, 0.5) is 14.5 Å². The van der Waals surface area contributed by atoms with Crippen molar-refractivity contribution < 1.29 is 18.3 Å². The maximum absolute atomic E-state index is 13.4. The van der Waals surface area contributed by atoms with Crippen molar-refractivity contribution in [2.24, 2.45) is 0 Å². The minimum Gasteiger partial charge on any atom is -0.489 e. The molecule has 0 aromatic heterocycles. The summed E-state index contributed by atoms with van der Waals surface area (Å²) in [5, 5.41) is 0. The smallest absolute Gasteiger partial charge is 0.160 e. The number of carbonyl (C=O) groups excluding carboxylic acids is 1. The fourth-order valence-electron chi connectivity index (χ4n) is 3.36. The van der Waals surface area contributed by atoms with Gasteiger partial charge in [0.25, 0.3) is 0 Å². The monoisotopic (exact) mass is 359 g/mol. The quantitative estimate of drug-likeness (QED) is 0.748. The molecule has 1 aliphatic rings. The molecule has 2 aromatic rings. The number of hydrogen-bond acceptors (Lipinski definition) is 3. The fourth-order valence-corrected chi connectivity index (χ4v) is 3.36. The Labute approximate surface area is 152 Å². The van der Waals surface area contributed by atoms with Gasteiger partial charge in [-0.2, -0.15) is 0 Å². The van der Waals surface area contributed by atoms with Crippen LogP contribution in [0.2, 0.25) is 0 Å². The SMILES string of the molecule is CC(=O)C[C@@H](C)c1ccc(OC2CCN(c3ccc(F)c(F)c3)C2)cc1. The number of benzene rings is 2. The lowest BCUT2D eigenvalue weighted by molar-refractivity contribution is -0.117. The van der Waals surface area contributed by atoms with E-state index in [2.05, 4.69) is 0 Å². The van der Waals surface area contributed by atoms with E-state index in [-0.39, 0.29) is 17.8 Å². The zero-order valence-electron chi connectivity index (χ0n) is 15.0. The molecule has 5 heteroatoms. The second-order valence-corrected chi connectivity index (χ2v) is 6.95. The van der Waals surface area contributed by atoms with E-state index in [0.29, 0.717) is 18.7 Å². The van der Waals surface area contributed by atoms with Crippen molar-refractivity contribution >= 4 is 11.5 Å². The molecule has 1 heterocycles. The van der Waals surface area contributed by atoms with Crippen molar-refractivity contribution in [3.05, 3.63) is 59.7 Å². The Balaban J connectivity index is 1.58. The fraction of sp³-hybridized carbons (Fsp3) is 0.381. The van der Waals surface area contributed by atoms with Gasteiger partial charge in [0.1, 0.15) is 17.6 Å². The first-order valence-electron chi connectivity index (χ1n) is 8.88. The highest BCUT2D eigenvalue weighted by molar-refractivity contribution is 5.76. The molecule has 26 heavy (non-hydrogen) atoms. The summed E-state index contributed by atoms with van der Waals surface area (Å²) in [6.07, 6.45) is 1.36. The predicted molar refractivity (Wildman–Crippen MR) is 97.8 cm³/mol. The summed E-state index contributed by atoms with van der Waals surface area (Å²) in [6, 6.07) is 11.8. The van der Waals surface area contributed by atoms with Gasteiger partial charge in [0.15, 0.2) is 11.6 Å². The highest BCUT2D eigenvalue weighted by atomic mass is 19.2. The van der Waals surface area contributed by atoms with Crippen LogP contribution in [0.3, 0.4) is 0 Å². The van der Waals surface area contributed by atoms with E-state index in [0.717, 1.165) is 30.3 Å². The molecular formula is C21H23F2NO2. The number of anilines is 1. The Kier molecular flexibility index (Phi) is 5.55. The molecule has 2 atom stereocenters. The van der Waals surface area contributed by atoms with E-state index in [1.165, 1.54) is 6.07 Å².